The summed E-state index contributed by atoms with van der Waals surface area (Å²) in [4.78, 5) is 27.9. The number of rotatable bonds is 0. The zero-order valence-electron chi connectivity index (χ0n) is 18.7. The molecule has 0 amide bonds. The van der Waals surface area contributed by atoms with E-state index < -0.39 is 0 Å². The van der Waals surface area contributed by atoms with Gasteiger partial charge in [-0.25, -0.2) is 0 Å². The van der Waals surface area contributed by atoms with E-state index in [0.29, 0.717) is 21.5 Å². The Morgan fingerprint density at radius 3 is 1.16 bits per heavy atom. The lowest BCUT2D eigenvalue weighted by molar-refractivity contribution is 1.61. The summed E-state index contributed by atoms with van der Waals surface area (Å²) in [6, 6.07) is 16.2. The molecule has 8 rings (SSSR count). The van der Waals surface area contributed by atoms with E-state index in [1.807, 2.05) is 36.4 Å². The minimum atomic E-state index is -0.0233. The molecular formula is C30H8Br6O2. The highest BCUT2D eigenvalue weighted by atomic mass is 79.9. The summed E-state index contributed by atoms with van der Waals surface area (Å²) in [5, 5.41) is 12.3. The molecule has 8 heteroatoms. The topological polar surface area (TPSA) is 34.1 Å². The standard InChI is InChI=1S/C30H8Br6O2/c31-15-7-18(34)28(36)26-23(15)13-5-9-1-3-11-21-14(24-16(32)8-17(33)27(35)25(24)29(11)37)6-10-2-4-12(30(26)38)22(13)20(10)19(9)21/h1-8H. The zero-order chi connectivity index (χ0) is 26.4. The summed E-state index contributed by atoms with van der Waals surface area (Å²) >= 11 is 21.9. The van der Waals surface area contributed by atoms with Crippen LogP contribution in [0.2, 0.25) is 0 Å². The van der Waals surface area contributed by atoms with Crippen molar-refractivity contribution >= 4 is 171 Å². The number of fused-ring (bicyclic) bond motifs is 4. The first-order chi connectivity index (χ1) is 18.2. The van der Waals surface area contributed by atoms with E-state index in [9.17, 15) is 9.59 Å². The summed E-state index contributed by atoms with van der Waals surface area (Å²) in [5.74, 6) is 0. The molecule has 0 radical (unpaired) electrons. The monoisotopic (exact) mass is 874 g/mol. The summed E-state index contributed by atoms with van der Waals surface area (Å²) in [6.07, 6.45) is 0. The lowest BCUT2D eigenvalue weighted by Crippen LogP contribution is -2.07. The van der Waals surface area contributed by atoms with Gasteiger partial charge in [0.25, 0.3) is 0 Å². The van der Waals surface area contributed by atoms with Gasteiger partial charge in [-0.3, -0.25) is 9.59 Å². The molecule has 2 nitrogen and oxygen atoms in total. The molecule has 0 heterocycles. The molecule has 8 aromatic rings. The van der Waals surface area contributed by atoms with Crippen LogP contribution < -0.4 is 10.9 Å². The van der Waals surface area contributed by atoms with Gasteiger partial charge >= 0.3 is 0 Å². The molecule has 0 bridgehead atoms. The number of hydrogen-bond acceptors (Lipinski definition) is 2. The zero-order valence-corrected chi connectivity index (χ0v) is 28.2. The molecule has 0 aliphatic rings. The highest BCUT2D eigenvalue weighted by molar-refractivity contribution is 9.13. The van der Waals surface area contributed by atoms with Gasteiger partial charge in [0.2, 0.25) is 0 Å². The SMILES string of the molecule is O=c1c2ccc3cc4c5c(Br)cc(Br)c(Br)c5c(=O)c5ccc6cc(c7c(Br)cc(Br)c(Br)c17)c2c3c6c54. The van der Waals surface area contributed by atoms with Gasteiger partial charge in [-0.15, -0.1) is 0 Å². The smallest absolute Gasteiger partial charge is 0.195 e. The fraction of sp³-hybridized carbons (Fsp3) is 0. The fourth-order valence-corrected chi connectivity index (χ4v) is 9.95. The van der Waals surface area contributed by atoms with Crippen molar-refractivity contribution in [1.82, 2.24) is 0 Å². The number of hydrogen-bond donors (Lipinski definition) is 0. The van der Waals surface area contributed by atoms with Crippen molar-refractivity contribution in [2.75, 3.05) is 0 Å². The lowest BCUT2D eigenvalue weighted by Gasteiger charge is -2.20. The average molecular weight is 880 g/mol. The molecule has 0 saturated carbocycles. The highest BCUT2D eigenvalue weighted by Gasteiger charge is 2.25. The van der Waals surface area contributed by atoms with Gasteiger partial charge in [0.1, 0.15) is 0 Å². The third kappa shape index (κ3) is 2.87. The van der Waals surface area contributed by atoms with Gasteiger partial charge in [-0.1, -0.05) is 44.0 Å². The van der Waals surface area contributed by atoms with Gasteiger partial charge in [-0.2, -0.15) is 0 Å². The maximum absolute atomic E-state index is 13.9. The van der Waals surface area contributed by atoms with Gasteiger partial charge < -0.3 is 0 Å². The van der Waals surface area contributed by atoms with Crippen molar-refractivity contribution in [2.24, 2.45) is 0 Å². The molecule has 0 saturated heterocycles. The van der Waals surface area contributed by atoms with E-state index in [2.05, 4.69) is 108 Å². The third-order valence-electron chi connectivity index (χ3n) is 7.69. The Balaban J connectivity index is 1.76. The number of benzene rings is 8. The molecular weight excluding hydrogens is 872 g/mol. The minimum absolute atomic E-state index is 0.0233. The van der Waals surface area contributed by atoms with Gasteiger partial charge in [0, 0.05) is 69.9 Å². The Bertz CT molecular complexity index is 2330. The van der Waals surface area contributed by atoms with Crippen LogP contribution in [0.4, 0.5) is 0 Å². The van der Waals surface area contributed by atoms with Crippen molar-refractivity contribution in [2.45, 2.75) is 0 Å². The summed E-state index contributed by atoms with van der Waals surface area (Å²) < 4.78 is 4.82. The van der Waals surface area contributed by atoms with Crippen molar-refractivity contribution in [1.29, 1.82) is 0 Å². The van der Waals surface area contributed by atoms with Gasteiger partial charge in [0.05, 0.1) is 0 Å². The molecule has 8 aromatic carbocycles. The normalized spacial score (nSPS) is 12.7. The van der Waals surface area contributed by atoms with E-state index in [1.165, 1.54) is 0 Å². The Hall–Kier alpha value is -1.42. The van der Waals surface area contributed by atoms with E-state index in [-0.39, 0.29) is 10.9 Å². The second-order valence-electron chi connectivity index (χ2n) is 9.49. The van der Waals surface area contributed by atoms with Crippen molar-refractivity contribution in [3.63, 3.8) is 0 Å². The first kappa shape index (κ1) is 24.4. The first-order valence-electron chi connectivity index (χ1n) is 11.4. The van der Waals surface area contributed by atoms with E-state index >= 15 is 0 Å². The minimum Gasteiger partial charge on any atom is -0.289 e. The molecule has 182 valence electrons. The Morgan fingerprint density at radius 2 is 0.763 bits per heavy atom. The van der Waals surface area contributed by atoms with E-state index in [0.717, 1.165) is 80.7 Å². The molecule has 0 N–H and O–H groups in total. The predicted octanol–water partition coefficient (Wildman–Crippen LogP) is 11.4. The Morgan fingerprint density at radius 1 is 0.368 bits per heavy atom. The Labute approximate surface area is 264 Å². The van der Waals surface area contributed by atoms with Crippen LogP contribution in [0.3, 0.4) is 0 Å². The molecule has 38 heavy (non-hydrogen) atoms. The van der Waals surface area contributed by atoms with Crippen LogP contribution in [0, 0.1) is 0 Å². The summed E-state index contributed by atoms with van der Waals surface area (Å²) in [5.41, 5.74) is -0.0467. The summed E-state index contributed by atoms with van der Waals surface area (Å²) in [6.45, 7) is 0. The van der Waals surface area contributed by atoms with Crippen LogP contribution in [0.5, 0.6) is 0 Å². The second kappa shape index (κ2) is 8.08. The van der Waals surface area contributed by atoms with Crippen LogP contribution in [0.15, 0.2) is 85.0 Å². The van der Waals surface area contributed by atoms with E-state index in [4.69, 9.17) is 0 Å². The van der Waals surface area contributed by atoms with Crippen LogP contribution in [0.1, 0.15) is 0 Å². The number of halogens is 6. The highest BCUT2D eigenvalue weighted by Crippen LogP contribution is 2.49. The Kier molecular flexibility index (Phi) is 5.18. The quantitative estimate of drug-likeness (QED) is 0.0864. The summed E-state index contributed by atoms with van der Waals surface area (Å²) in [7, 11) is 0. The molecule has 0 aromatic heterocycles. The fourth-order valence-electron chi connectivity index (χ4n) is 6.22. The van der Waals surface area contributed by atoms with Crippen LogP contribution in [-0.4, -0.2) is 0 Å². The third-order valence-corrected chi connectivity index (χ3v) is 12.9. The lowest BCUT2D eigenvalue weighted by atomic mass is 9.84. The van der Waals surface area contributed by atoms with Gasteiger partial charge in [0.15, 0.2) is 10.9 Å². The maximum atomic E-state index is 13.9. The van der Waals surface area contributed by atoms with Crippen molar-refractivity contribution < 1.29 is 0 Å². The molecule has 0 atom stereocenters. The molecule has 0 fully saturated rings. The molecule has 0 spiro atoms. The van der Waals surface area contributed by atoms with Gasteiger partial charge in [-0.05, 0) is 132 Å². The largest absolute Gasteiger partial charge is 0.289 e. The van der Waals surface area contributed by atoms with Crippen LogP contribution in [0.25, 0.3) is 75.4 Å². The molecule has 0 aliphatic carbocycles. The van der Waals surface area contributed by atoms with E-state index in [1.54, 1.807) is 0 Å². The van der Waals surface area contributed by atoms with Crippen molar-refractivity contribution in [3.8, 4) is 0 Å². The first-order valence-corrected chi connectivity index (χ1v) is 16.2. The second-order valence-corrected chi connectivity index (χ2v) is 14.5. The average Bonchev–Trinajstić information content (AvgIpc) is 2.89. The van der Waals surface area contributed by atoms with Crippen LogP contribution >= 0.6 is 95.6 Å². The molecule has 0 aliphatic heterocycles. The predicted molar refractivity (Wildman–Crippen MR) is 181 cm³/mol. The molecule has 0 unspecified atom stereocenters. The maximum Gasteiger partial charge on any atom is 0.195 e. The van der Waals surface area contributed by atoms with Crippen LogP contribution in [-0.2, 0) is 0 Å². The van der Waals surface area contributed by atoms with Crippen molar-refractivity contribution in [3.05, 3.63) is 95.8 Å².